The summed E-state index contributed by atoms with van der Waals surface area (Å²) in [6, 6.07) is 0. The zero-order valence-corrected chi connectivity index (χ0v) is 11.1. The molecule has 0 radical (unpaired) electrons. The van der Waals surface area contributed by atoms with Crippen LogP contribution in [-0.4, -0.2) is 23.3 Å². The fourth-order valence-electron chi connectivity index (χ4n) is 1.39. The van der Waals surface area contributed by atoms with Crippen molar-refractivity contribution in [1.29, 1.82) is 0 Å². The second-order valence-electron chi connectivity index (χ2n) is 3.66. The molecule has 1 atom stereocenters. The number of unbranched alkanes of at least 4 members (excludes halogenated alkanes) is 5. The van der Waals surface area contributed by atoms with Gasteiger partial charge in [0.1, 0.15) is 5.75 Å². The Labute approximate surface area is 91.6 Å². The Bertz CT molecular complexity index is 94.1. The van der Waals surface area contributed by atoms with Gasteiger partial charge in [-0.1, -0.05) is 32.6 Å². The van der Waals surface area contributed by atoms with E-state index in [0.717, 1.165) is 0 Å². The molecule has 0 spiro atoms. The van der Waals surface area contributed by atoms with Gasteiger partial charge in [-0.05, 0) is 30.0 Å². The fourth-order valence-corrected chi connectivity index (χ4v) is 4.17. The highest BCUT2D eigenvalue weighted by atomic mass is 32.2. The van der Waals surface area contributed by atoms with Crippen LogP contribution in [0.4, 0.5) is 0 Å². The predicted octanol–water partition coefficient (Wildman–Crippen LogP) is 3.92. The molecule has 0 aliphatic carbocycles. The summed E-state index contributed by atoms with van der Waals surface area (Å²) < 4.78 is 0. The lowest BCUT2D eigenvalue weighted by molar-refractivity contribution is 0.626. The molecular formula is C11H25S2+. The van der Waals surface area contributed by atoms with Crippen LogP contribution in [0.3, 0.4) is 0 Å². The Hall–Kier alpha value is 0.700. The molecule has 0 aromatic rings. The van der Waals surface area contributed by atoms with E-state index in [1.165, 1.54) is 49.4 Å². The summed E-state index contributed by atoms with van der Waals surface area (Å²) >= 11 is 1.99. The molecule has 0 aromatic carbocycles. The monoisotopic (exact) mass is 221 g/mol. The van der Waals surface area contributed by atoms with Crippen molar-refractivity contribution in [2.24, 2.45) is 0 Å². The maximum Gasteiger partial charge on any atom is 0.153 e. The molecule has 0 bridgehead atoms. The van der Waals surface area contributed by atoms with Gasteiger partial charge in [0.15, 0.2) is 5.08 Å². The molecule has 0 nitrogen and oxygen atoms in total. The molecule has 0 N–H and O–H groups in total. The Morgan fingerprint density at radius 1 is 1.00 bits per heavy atom. The molecule has 13 heavy (non-hydrogen) atoms. The topological polar surface area (TPSA) is 0 Å². The van der Waals surface area contributed by atoms with Gasteiger partial charge < -0.3 is 0 Å². The minimum atomic E-state index is 0.686. The lowest BCUT2D eigenvalue weighted by atomic mass is 10.1. The summed E-state index contributed by atoms with van der Waals surface area (Å²) in [5.41, 5.74) is 0. The van der Waals surface area contributed by atoms with Gasteiger partial charge in [-0.3, -0.25) is 0 Å². The Morgan fingerprint density at radius 2 is 1.62 bits per heavy atom. The highest BCUT2D eigenvalue weighted by molar-refractivity contribution is 8.13. The van der Waals surface area contributed by atoms with Gasteiger partial charge in [-0.2, -0.15) is 0 Å². The molecule has 1 unspecified atom stereocenters. The molecule has 0 rings (SSSR count). The zero-order valence-electron chi connectivity index (χ0n) is 9.47. The lowest BCUT2D eigenvalue weighted by Gasteiger charge is -2.01. The van der Waals surface area contributed by atoms with E-state index in [2.05, 4.69) is 19.4 Å². The molecule has 2 heteroatoms. The lowest BCUT2D eigenvalue weighted by Crippen LogP contribution is -2.06. The van der Waals surface area contributed by atoms with Crippen LogP contribution in [0.1, 0.15) is 45.4 Å². The normalized spacial score (nSPS) is 13.2. The number of rotatable bonds is 9. The third kappa shape index (κ3) is 10.6. The maximum atomic E-state index is 2.41. The first-order chi connectivity index (χ1) is 6.31. The Morgan fingerprint density at radius 3 is 2.23 bits per heavy atom. The van der Waals surface area contributed by atoms with Crippen molar-refractivity contribution in [3.63, 3.8) is 0 Å². The number of thioether (sulfide) groups is 1. The standard InChI is InChI=1S/C11H25S2/c1-4-5-6-7-8-9-10-13(3)11-12-2/h4-11H2,1-3H3/q+1. The molecule has 80 valence electrons. The van der Waals surface area contributed by atoms with Crippen LogP contribution in [0, 0.1) is 0 Å². The molecule has 0 amide bonds. The Kier molecular flexibility index (Phi) is 11.4. The minimum Gasteiger partial charge on any atom is -0.112 e. The van der Waals surface area contributed by atoms with Gasteiger partial charge in [0.05, 0.1) is 6.26 Å². The molecule has 0 saturated heterocycles. The summed E-state index contributed by atoms with van der Waals surface area (Å²) in [7, 11) is 0.686. The number of hydrogen-bond donors (Lipinski definition) is 0. The third-order valence-electron chi connectivity index (χ3n) is 2.17. The van der Waals surface area contributed by atoms with Crippen LogP contribution in [0.15, 0.2) is 0 Å². The summed E-state index contributed by atoms with van der Waals surface area (Å²) in [5, 5.41) is 1.37. The van der Waals surface area contributed by atoms with E-state index in [1.807, 2.05) is 11.8 Å². The molecule has 0 saturated carbocycles. The molecule has 0 fully saturated rings. The fraction of sp³-hybridized carbons (Fsp3) is 1.00. The van der Waals surface area contributed by atoms with Gasteiger partial charge in [-0.15, -0.1) is 11.8 Å². The van der Waals surface area contributed by atoms with Crippen LogP contribution in [0.5, 0.6) is 0 Å². The van der Waals surface area contributed by atoms with Gasteiger partial charge in [0.2, 0.25) is 0 Å². The summed E-state index contributed by atoms with van der Waals surface area (Å²) in [5.74, 6) is 1.47. The van der Waals surface area contributed by atoms with Crippen molar-refractivity contribution in [2.45, 2.75) is 45.4 Å². The molecule has 0 heterocycles. The van der Waals surface area contributed by atoms with Crippen LogP contribution in [0.25, 0.3) is 0 Å². The average Bonchev–Trinajstić information content (AvgIpc) is 2.11. The summed E-state index contributed by atoms with van der Waals surface area (Å²) in [6.07, 6.45) is 13.3. The minimum absolute atomic E-state index is 0.686. The Balaban J connectivity index is 2.97. The van der Waals surface area contributed by atoms with Crippen LogP contribution < -0.4 is 0 Å². The van der Waals surface area contributed by atoms with Gasteiger partial charge in [-0.25, -0.2) is 0 Å². The first-order valence-electron chi connectivity index (χ1n) is 5.39. The maximum absolute atomic E-state index is 2.41. The van der Waals surface area contributed by atoms with Gasteiger partial charge in [0, 0.05) is 0 Å². The van der Waals surface area contributed by atoms with Crippen molar-refractivity contribution < 1.29 is 0 Å². The van der Waals surface area contributed by atoms with Crippen molar-refractivity contribution in [3.8, 4) is 0 Å². The van der Waals surface area contributed by atoms with E-state index < -0.39 is 0 Å². The van der Waals surface area contributed by atoms with Crippen molar-refractivity contribution >= 4 is 22.7 Å². The summed E-state index contributed by atoms with van der Waals surface area (Å²) in [6.45, 7) is 2.28. The predicted molar refractivity (Wildman–Crippen MR) is 69.9 cm³/mol. The van der Waals surface area contributed by atoms with E-state index in [-0.39, 0.29) is 0 Å². The zero-order chi connectivity index (χ0) is 9.94. The van der Waals surface area contributed by atoms with Crippen molar-refractivity contribution in [1.82, 2.24) is 0 Å². The molecule has 0 aliphatic heterocycles. The van der Waals surface area contributed by atoms with E-state index in [1.54, 1.807) is 0 Å². The smallest absolute Gasteiger partial charge is 0.112 e. The van der Waals surface area contributed by atoms with Crippen molar-refractivity contribution in [3.05, 3.63) is 0 Å². The third-order valence-corrected chi connectivity index (χ3v) is 5.70. The van der Waals surface area contributed by atoms with Crippen LogP contribution >= 0.6 is 11.8 Å². The average molecular weight is 221 g/mol. The highest BCUT2D eigenvalue weighted by Crippen LogP contribution is 2.09. The second-order valence-corrected chi connectivity index (χ2v) is 7.15. The van der Waals surface area contributed by atoms with Crippen LogP contribution in [-0.2, 0) is 10.9 Å². The first-order valence-corrected chi connectivity index (χ1v) is 8.75. The largest absolute Gasteiger partial charge is 0.153 e. The number of hydrogen-bond acceptors (Lipinski definition) is 1. The quantitative estimate of drug-likeness (QED) is 0.420. The second kappa shape index (κ2) is 10.8. The van der Waals surface area contributed by atoms with Gasteiger partial charge in [0.25, 0.3) is 0 Å². The highest BCUT2D eigenvalue weighted by Gasteiger charge is 2.07. The molecular weight excluding hydrogens is 196 g/mol. The van der Waals surface area contributed by atoms with Crippen LogP contribution in [0.2, 0.25) is 0 Å². The van der Waals surface area contributed by atoms with E-state index in [9.17, 15) is 0 Å². The first kappa shape index (κ1) is 13.7. The van der Waals surface area contributed by atoms with E-state index >= 15 is 0 Å². The molecule has 0 aliphatic rings. The van der Waals surface area contributed by atoms with E-state index in [4.69, 9.17) is 0 Å². The SMILES string of the molecule is CCCCCCCC[S+](C)CSC. The summed E-state index contributed by atoms with van der Waals surface area (Å²) in [4.78, 5) is 0. The van der Waals surface area contributed by atoms with Crippen molar-refractivity contribution in [2.75, 3.05) is 23.3 Å². The van der Waals surface area contributed by atoms with Gasteiger partial charge >= 0.3 is 0 Å². The molecule has 0 aromatic heterocycles. The van der Waals surface area contributed by atoms with E-state index in [0.29, 0.717) is 10.9 Å².